The predicted molar refractivity (Wildman–Crippen MR) is 189 cm³/mol. The molecule has 0 N–H and O–H groups in total. The van der Waals surface area contributed by atoms with Crippen LogP contribution in [0.2, 0.25) is 0 Å². The Morgan fingerprint density at radius 2 is 1.00 bits per heavy atom. The Hall–Kier alpha value is -6.82. The van der Waals surface area contributed by atoms with Gasteiger partial charge >= 0.3 is 0 Å². The van der Waals surface area contributed by atoms with E-state index in [0.29, 0.717) is 11.3 Å². The lowest BCUT2D eigenvalue weighted by Crippen LogP contribution is -1.94. The van der Waals surface area contributed by atoms with Crippen molar-refractivity contribution in [1.82, 2.24) is 14.5 Å². The van der Waals surface area contributed by atoms with E-state index in [9.17, 15) is 5.26 Å². The molecule has 0 saturated heterocycles. The van der Waals surface area contributed by atoms with Crippen LogP contribution in [0, 0.1) is 17.9 Å². The average molecular weight is 600 g/mol. The number of aromatic nitrogens is 3. The Kier molecular flexibility index (Phi) is 6.84. The second kappa shape index (κ2) is 11.6. The van der Waals surface area contributed by atoms with Gasteiger partial charge in [0.15, 0.2) is 0 Å². The Balaban J connectivity index is 1.21. The van der Waals surface area contributed by atoms with Crippen molar-refractivity contribution in [2.75, 3.05) is 0 Å². The van der Waals surface area contributed by atoms with Crippen LogP contribution in [0.25, 0.3) is 76.8 Å². The van der Waals surface area contributed by atoms with Crippen LogP contribution in [0.15, 0.2) is 152 Å². The third-order valence-electron chi connectivity index (χ3n) is 8.61. The standard InChI is InChI=1S/C42H25N5/c1-44-37-20-36(26-46-27-37)32-13-9-30(10-14-32)34-16-18-40-39-17-15-33(21-41(39)47(42(40)22-34)38-5-3-2-4-6-38)29-7-11-31(12-8-29)35-19-28(23-43)24-45-25-35/h2-22,24-27H. The molecule has 0 aliphatic heterocycles. The second-order valence-corrected chi connectivity index (χ2v) is 11.4. The van der Waals surface area contributed by atoms with E-state index in [-0.39, 0.29) is 0 Å². The lowest BCUT2D eigenvalue weighted by Gasteiger charge is -2.10. The average Bonchev–Trinajstić information content (AvgIpc) is 3.48. The third kappa shape index (κ3) is 5.09. The summed E-state index contributed by atoms with van der Waals surface area (Å²) in [6.07, 6.45) is 6.74. The third-order valence-corrected chi connectivity index (χ3v) is 8.61. The Morgan fingerprint density at radius 3 is 1.53 bits per heavy atom. The molecule has 0 fully saturated rings. The van der Waals surface area contributed by atoms with Crippen molar-refractivity contribution >= 4 is 27.5 Å². The van der Waals surface area contributed by atoms with E-state index in [1.54, 1.807) is 24.8 Å². The van der Waals surface area contributed by atoms with Crippen molar-refractivity contribution in [3.05, 3.63) is 169 Å². The van der Waals surface area contributed by atoms with Crippen molar-refractivity contribution in [1.29, 1.82) is 5.26 Å². The number of pyridine rings is 2. The molecule has 0 spiro atoms. The fraction of sp³-hybridized carbons (Fsp3) is 0. The number of nitriles is 1. The van der Waals surface area contributed by atoms with Crippen molar-refractivity contribution in [2.24, 2.45) is 0 Å². The zero-order valence-electron chi connectivity index (χ0n) is 25.2. The molecule has 5 heteroatoms. The molecule has 0 aliphatic carbocycles. The maximum absolute atomic E-state index is 9.28. The molecular weight excluding hydrogens is 574 g/mol. The Bertz CT molecular complexity index is 2360. The summed E-state index contributed by atoms with van der Waals surface area (Å²) >= 11 is 0. The highest BCUT2D eigenvalue weighted by atomic mass is 15.0. The van der Waals surface area contributed by atoms with E-state index in [1.807, 2.05) is 18.2 Å². The number of fused-ring (bicyclic) bond motifs is 3. The van der Waals surface area contributed by atoms with E-state index in [4.69, 9.17) is 6.57 Å². The van der Waals surface area contributed by atoms with Gasteiger partial charge in [-0.2, -0.15) is 5.26 Å². The molecule has 0 unspecified atom stereocenters. The molecule has 8 rings (SSSR count). The van der Waals surface area contributed by atoms with Crippen LogP contribution >= 0.6 is 0 Å². The predicted octanol–water partition coefficient (Wildman–Crippen LogP) is 10.7. The molecule has 5 aromatic carbocycles. The molecule has 5 nitrogen and oxygen atoms in total. The number of hydrogen-bond donors (Lipinski definition) is 0. The number of rotatable bonds is 5. The first-order valence-electron chi connectivity index (χ1n) is 15.2. The molecule has 8 aromatic rings. The van der Waals surface area contributed by atoms with E-state index in [2.05, 4.69) is 135 Å². The highest BCUT2D eigenvalue weighted by Gasteiger charge is 2.15. The fourth-order valence-corrected chi connectivity index (χ4v) is 6.25. The number of nitrogens with zero attached hydrogens (tertiary/aromatic N) is 5. The van der Waals surface area contributed by atoms with Crippen LogP contribution < -0.4 is 0 Å². The molecule has 0 saturated carbocycles. The van der Waals surface area contributed by atoms with Crippen LogP contribution in [0.4, 0.5) is 5.69 Å². The van der Waals surface area contributed by atoms with E-state index >= 15 is 0 Å². The minimum atomic E-state index is 0.533. The normalized spacial score (nSPS) is 10.9. The maximum atomic E-state index is 9.28. The minimum absolute atomic E-state index is 0.533. The summed E-state index contributed by atoms with van der Waals surface area (Å²) in [6.45, 7) is 7.31. The van der Waals surface area contributed by atoms with Crippen LogP contribution in [-0.2, 0) is 0 Å². The van der Waals surface area contributed by atoms with E-state index in [1.165, 1.54) is 10.8 Å². The van der Waals surface area contributed by atoms with Crippen LogP contribution in [0.1, 0.15) is 5.56 Å². The number of para-hydroxylation sites is 1. The molecule has 0 atom stereocenters. The van der Waals surface area contributed by atoms with Gasteiger partial charge in [-0.3, -0.25) is 9.97 Å². The van der Waals surface area contributed by atoms with E-state index < -0.39 is 0 Å². The first kappa shape index (κ1) is 27.7. The molecule has 0 bridgehead atoms. The van der Waals surface area contributed by atoms with Gasteiger partial charge in [0.05, 0.1) is 23.2 Å². The van der Waals surface area contributed by atoms with Gasteiger partial charge in [0.2, 0.25) is 5.69 Å². The summed E-state index contributed by atoms with van der Waals surface area (Å²) < 4.78 is 2.35. The summed E-state index contributed by atoms with van der Waals surface area (Å²) in [5, 5.41) is 11.7. The van der Waals surface area contributed by atoms with Gasteiger partial charge in [0.25, 0.3) is 0 Å². The molecular formula is C42H25N5. The van der Waals surface area contributed by atoms with Gasteiger partial charge in [-0.05, 0) is 75.3 Å². The first-order chi connectivity index (χ1) is 23.2. The van der Waals surface area contributed by atoms with E-state index in [0.717, 1.165) is 61.2 Å². The smallest absolute Gasteiger partial charge is 0.205 e. The fourth-order valence-electron chi connectivity index (χ4n) is 6.25. The van der Waals surface area contributed by atoms with Gasteiger partial charge in [-0.25, -0.2) is 4.85 Å². The largest absolute Gasteiger partial charge is 0.309 e. The monoisotopic (exact) mass is 599 g/mol. The highest BCUT2D eigenvalue weighted by Crippen LogP contribution is 2.37. The lowest BCUT2D eigenvalue weighted by molar-refractivity contribution is 1.18. The van der Waals surface area contributed by atoms with Crippen LogP contribution in [-0.4, -0.2) is 14.5 Å². The maximum Gasteiger partial charge on any atom is 0.205 e. The Morgan fingerprint density at radius 1 is 0.511 bits per heavy atom. The van der Waals surface area contributed by atoms with Gasteiger partial charge in [-0.1, -0.05) is 91.0 Å². The molecule has 0 aliphatic rings. The van der Waals surface area contributed by atoms with Gasteiger partial charge in [0, 0.05) is 46.8 Å². The number of benzene rings is 5. The lowest BCUT2D eigenvalue weighted by atomic mass is 9.99. The van der Waals surface area contributed by atoms with Crippen molar-refractivity contribution in [2.45, 2.75) is 0 Å². The molecule has 0 amide bonds. The number of hydrogen-bond acceptors (Lipinski definition) is 3. The van der Waals surface area contributed by atoms with Gasteiger partial charge in [-0.15, -0.1) is 0 Å². The quantitative estimate of drug-likeness (QED) is 0.185. The zero-order chi connectivity index (χ0) is 31.7. The summed E-state index contributed by atoms with van der Waals surface area (Å²) in [5.41, 5.74) is 12.8. The van der Waals surface area contributed by atoms with Crippen molar-refractivity contribution in [3.63, 3.8) is 0 Å². The van der Waals surface area contributed by atoms with Crippen molar-refractivity contribution < 1.29 is 0 Å². The summed E-state index contributed by atoms with van der Waals surface area (Å²) in [6, 6.07) is 46.6. The molecule has 3 aromatic heterocycles. The molecule has 47 heavy (non-hydrogen) atoms. The molecule has 3 heterocycles. The van der Waals surface area contributed by atoms with Gasteiger partial charge in [0.1, 0.15) is 6.07 Å². The summed E-state index contributed by atoms with van der Waals surface area (Å²) in [7, 11) is 0. The summed E-state index contributed by atoms with van der Waals surface area (Å²) in [4.78, 5) is 12.0. The Labute approximate surface area is 272 Å². The van der Waals surface area contributed by atoms with Gasteiger partial charge < -0.3 is 4.57 Å². The van der Waals surface area contributed by atoms with Crippen molar-refractivity contribution in [3.8, 4) is 56.3 Å². The summed E-state index contributed by atoms with van der Waals surface area (Å²) in [5.74, 6) is 0. The SMILES string of the molecule is [C-]#[N+]c1cncc(-c2ccc(-c3ccc4c5ccc(-c6ccc(-c7cncc(C#N)c7)cc6)cc5n(-c5ccccc5)c4c3)cc2)c1. The van der Waals surface area contributed by atoms with Crippen LogP contribution in [0.3, 0.4) is 0 Å². The highest BCUT2D eigenvalue weighted by molar-refractivity contribution is 6.11. The second-order valence-electron chi connectivity index (χ2n) is 11.4. The molecule has 218 valence electrons. The molecule has 0 radical (unpaired) electrons. The first-order valence-corrected chi connectivity index (χ1v) is 15.2. The van der Waals surface area contributed by atoms with Crippen LogP contribution in [0.5, 0.6) is 0 Å². The topological polar surface area (TPSA) is 58.9 Å². The minimum Gasteiger partial charge on any atom is -0.309 e. The zero-order valence-corrected chi connectivity index (χ0v) is 25.2.